The van der Waals surface area contributed by atoms with Crippen LogP contribution in [-0.2, 0) is 22.6 Å². The van der Waals surface area contributed by atoms with Gasteiger partial charge in [-0.3, -0.25) is 9.59 Å². The summed E-state index contributed by atoms with van der Waals surface area (Å²) < 4.78 is 20.8. The molecule has 0 aliphatic carbocycles. The van der Waals surface area contributed by atoms with E-state index in [1.807, 2.05) is 0 Å². The van der Waals surface area contributed by atoms with Crippen molar-refractivity contribution in [2.24, 2.45) is 0 Å². The number of rotatable bonds is 6. The second-order valence-corrected chi connectivity index (χ2v) is 7.72. The van der Waals surface area contributed by atoms with Gasteiger partial charge in [-0.05, 0) is 36.6 Å². The Hall–Kier alpha value is -3.27. The summed E-state index contributed by atoms with van der Waals surface area (Å²) >= 11 is 0. The summed E-state index contributed by atoms with van der Waals surface area (Å²) in [6, 6.07) is 4.70. The lowest BCUT2D eigenvalue weighted by molar-refractivity contribution is -0.131. The van der Waals surface area contributed by atoms with E-state index in [0.717, 1.165) is 37.2 Å². The minimum atomic E-state index is -0.340. The number of carbonyl (C=O) groups is 1. The Balaban J connectivity index is 1.49. The Labute approximate surface area is 178 Å². The highest BCUT2D eigenvalue weighted by Crippen LogP contribution is 2.27. The summed E-state index contributed by atoms with van der Waals surface area (Å²) in [7, 11) is 3.39. The number of aromatic amines is 1. The van der Waals surface area contributed by atoms with Crippen LogP contribution >= 0.6 is 0 Å². The first-order chi connectivity index (χ1) is 15.0. The van der Waals surface area contributed by atoms with E-state index in [9.17, 15) is 14.0 Å². The van der Waals surface area contributed by atoms with Crippen molar-refractivity contribution in [1.82, 2.24) is 24.6 Å². The van der Waals surface area contributed by atoms with Gasteiger partial charge in [-0.15, -0.1) is 0 Å². The predicted molar refractivity (Wildman–Crippen MR) is 113 cm³/mol. The molecule has 2 aromatic heterocycles. The summed E-state index contributed by atoms with van der Waals surface area (Å²) in [5.41, 5.74) is 1.71. The molecule has 1 aliphatic heterocycles. The maximum Gasteiger partial charge on any atom is 0.261 e. The zero-order valence-corrected chi connectivity index (χ0v) is 17.5. The Bertz CT molecular complexity index is 1140. The lowest BCUT2D eigenvalue weighted by Crippen LogP contribution is -2.38. The molecule has 10 heteroatoms. The van der Waals surface area contributed by atoms with Crippen LogP contribution in [0.1, 0.15) is 18.4 Å². The first-order valence-corrected chi connectivity index (χ1v) is 10.2. The number of halogens is 1. The second-order valence-electron chi connectivity index (χ2n) is 7.72. The third-order valence-corrected chi connectivity index (χ3v) is 5.71. The van der Waals surface area contributed by atoms with E-state index in [-0.39, 0.29) is 36.5 Å². The number of hydrogen-bond donors (Lipinski definition) is 1. The quantitative estimate of drug-likeness (QED) is 0.640. The molecule has 0 unspecified atom stereocenters. The van der Waals surface area contributed by atoms with E-state index in [1.54, 1.807) is 20.2 Å². The molecule has 164 valence electrons. The molecule has 0 radical (unpaired) electrons. The SMILES string of the molecule is COC1CCN(c2ccc(F)cc2CN(C)C(=O)Cn2ncc3c(=O)[nH]cnc32)CC1. The number of methoxy groups -OCH3 is 1. The zero-order chi connectivity index (χ0) is 22.0. The van der Waals surface area contributed by atoms with Gasteiger partial charge in [-0.25, -0.2) is 14.1 Å². The number of benzene rings is 1. The molecule has 1 N–H and O–H groups in total. The van der Waals surface area contributed by atoms with Crippen molar-refractivity contribution in [3.8, 4) is 0 Å². The number of nitrogens with one attached hydrogen (secondary N) is 1. The van der Waals surface area contributed by atoms with Crippen LogP contribution in [0.3, 0.4) is 0 Å². The smallest absolute Gasteiger partial charge is 0.261 e. The number of likely N-dealkylation sites (N-methyl/N-ethyl adjacent to an activating group) is 1. The van der Waals surface area contributed by atoms with Gasteiger partial charge in [0.05, 0.1) is 18.6 Å². The van der Waals surface area contributed by atoms with Crippen molar-refractivity contribution in [1.29, 1.82) is 0 Å². The number of hydrogen-bond acceptors (Lipinski definition) is 6. The summed E-state index contributed by atoms with van der Waals surface area (Å²) in [6.45, 7) is 1.81. The maximum atomic E-state index is 14.0. The highest BCUT2D eigenvalue weighted by molar-refractivity contribution is 5.79. The fraction of sp³-hybridized carbons (Fsp3) is 0.429. The Kier molecular flexibility index (Phi) is 5.99. The number of amides is 1. The van der Waals surface area contributed by atoms with Crippen LogP contribution < -0.4 is 10.5 Å². The number of fused-ring (bicyclic) bond motifs is 1. The Morgan fingerprint density at radius 2 is 2.13 bits per heavy atom. The summed E-state index contributed by atoms with van der Waals surface area (Å²) in [6.07, 6.45) is 4.72. The van der Waals surface area contributed by atoms with Crippen molar-refractivity contribution in [2.75, 3.05) is 32.1 Å². The summed E-state index contributed by atoms with van der Waals surface area (Å²) in [5, 5.41) is 4.44. The molecule has 31 heavy (non-hydrogen) atoms. The molecule has 0 spiro atoms. The maximum absolute atomic E-state index is 14.0. The van der Waals surface area contributed by atoms with Gasteiger partial charge < -0.3 is 19.5 Å². The van der Waals surface area contributed by atoms with Crippen molar-refractivity contribution in [3.05, 3.63) is 52.5 Å². The van der Waals surface area contributed by atoms with Gasteiger partial charge in [0.1, 0.15) is 17.7 Å². The number of nitrogens with zero attached hydrogens (tertiary/aromatic N) is 5. The monoisotopic (exact) mass is 428 g/mol. The van der Waals surface area contributed by atoms with E-state index in [1.165, 1.54) is 34.2 Å². The molecule has 3 aromatic rings. The van der Waals surface area contributed by atoms with Gasteiger partial charge in [-0.2, -0.15) is 5.10 Å². The van der Waals surface area contributed by atoms with Gasteiger partial charge in [0.2, 0.25) is 5.91 Å². The molecular formula is C21H25FN6O3. The molecule has 9 nitrogen and oxygen atoms in total. The van der Waals surface area contributed by atoms with Gasteiger partial charge in [0.25, 0.3) is 5.56 Å². The average Bonchev–Trinajstić information content (AvgIpc) is 3.18. The molecule has 1 amide bonds. The van der Waals surface area contributed by atoms with Crippen molar-refractivity contribution < 1.29 is 13.9 Å². The minimum absolute atomic E-state index is 0.0691. The van der Waals surface area contributed by atoms with Gasteiger partial charge in [0, 0.05) is 39.5 Å². The minimum Gasteiger partial charge on any atom is -0.381 e. The van der Waals surface area contributed by atoms with Crippen LogP contribution in [0, 0.1) is 5.82 Å². The van der Waals surface area contributed by atoms with Crippen molar-refractivity contribution >= 4 is 22.6 Å². The van der Waals surface area contributed by atoms with Gasteiger partial charge in [0.15, 0.2) is 5.65 Å². The van der Waals surface area contributed by atoms with Crippen molar-refractivity contribution in [2.45, 2.75) is 32.0 Å². The molecule has 0 saturated carbocycles. The molecule has 0 atom stereocenters. The van der Waals surface area contributed by atoms with E-state index >= 15 is 0 Å². The van der Waals surface area contributed by atoms with Gasteiger partial charge >= 0.3 is 0 Å². The van der Waals surface area contributed by atoms with E-state index in [4.69, 9.17) is 4.74 Å². The van der Waals surface area contributed by atoms with Gasteiger partial charge in [-0.1, -0.05) is 0 Å². The number of aromatic nitrogens is 4. The molecule has 1 aromatic carbocycles. The van der Waals surface area contributed by atoms with Crippen LogP contribution in [0.15, 0.2) is 35.5 Å². The summed E-state index contributed by atoms with van der Waals surface area (Å²) in [4.78, 5) is 35.0. The standard InChI is InChI=1S/C21H25FN6O3/c1-26(19(29)12-28-20-17(10-25-28)21(30)24-13-23-20)11-14-9-15(22)3-4-18(14)27-7-5-16(31-2)6-8-27/h3-4,9-10,13,16H,5-8,11-12H2,1-2H3,(H,23,24,30). The van der Waals surface area contributed by atoms with E-state index in [2.05, 4.69) is 20.0 Å². The Morgan fingerprint density at radius 3 is 2.87 bits per heavy atom. The summed E-state index contributed by atoms with van der Waals surface area (Å²) in [5.74, 6) is -0.562. The molecule has 1 aliphatic rings. The molecule has 0 bridgehead atoms. The highest BCUT2D eigenvalue weighted by Gasteiger charge is 2.22. The molecular weight excluding hydrogens is 403 g/mol. The fourth-order valence-electron chi connectivity index (χ4n) is 3.93. The number of carbonyl (C=O) groups excluding carboxylic acids is 1. The first-order valence-electron chi connectivity index (χ1n) is 10.2. The predicted octanol–water partition coefficient (Wildman–Crippen LogP) is 1.53. The normalized spacial score (nSPS) is 14.9. The lowest BCUT2D eigenvalue weighted by atomic mass is 10.0. The fourth-order valence-corrected chi connectivity index (χ4v) is 3.93. The van der Waals surface area contributed by atoms with Crippen LogP contribution in [-0.4, -0.2) is 63.9 Å². The Morgan fingerprint density at radius 1 is 1.35 bits per heavy atom. The largest absolute Gasteiger partial charge is 0.381 e. The third kappa shape index (κ3) is 4.43. The number of H-pyrrole nitrogens is 1. The number of anilines is 1. The topological polar surface area (TPSA) is 96.4 Å². The first kappa shape index (κ1) is 21.0. The lowest BCUT2D eigenvalue weighted by Gasteiger charge is -2.34. The van der Waals surface area contributed by atoms with Crippen LogP contribution in [0.5, 0.6) is 0 Å². The number of ether oxygens (including phenoxy) is 1. The van der Waals surface area contributed by atoms with Crippen LogP contribution in [0.4, 0.5) is 10.1 Å². The highest BCUT2D eigenvalue weighted by atomic mass is 19.1. The molecule has 1 saturated heterocycles. The molecule has 4 rings (SSSR count). The molecule has 1 fully saturated rings. The second kappa shape index (κ2) is 8.84. The van der Waals surface area contributed by atoms with E-state index < -0.39 is 0 Å². The van der Waals surface area contributed by atoms with Crippen molar-refractivity contribution in [3.63, 3.8) is 0 Å². The third-order valence-electron chi connectivity index (χ3n) is 5.71. The van der Waals surface area contributed by atoms with Crippen LogP contribution in [0.25, 0.3) is 11.0 Å². The zero-order valence-electron chi connectivity index (χ0n) is 17.5. The van der Waals surface area contributed by atoms with Crippen LogP contribution in [0.2, 0.25) is 0 Å². The molecule has 3 heterocycles. The van der Waals surface area contributed by atoms with E-state index in [0.29, 0.717) is 11.0 Å². The average molecular weight is 428 g/mol. The number of piperidine rings is 1.